The van der Waals surface area contributed by atoms with Crippen molar-refractivity contribution in [2.75, 3.05) is 0 Å². The lowest BCUT2D eigenvalue weighted by molar-refractivity contribution is 0.0695. The molecule has 1 aromatic rings. The molecule has 0 saturated carbocycles. The van der Waals surface area contributed by atoms with Crippen molar-refractivity contribution in [1.82, 2.24) is 9.78 Å². The zero-order valence-corrected chi connectivity index (χ0v) is 8.42. The van der Waals surface area contributed by atoms with Gasteiger partial charge in [0.2, 0.25) is 0 Å². The average Bonchev–Trinajstić information content (AvgIpc) is 2.25. The fraction of sp³-hybridized carbons (Fsp3) is 0.429. The van der Waals surface area contributed by atoms with Gasteiger partial charge in [0.25, 0.3) is 0 Å². The zero-order valence-electron chi connectivity index (χ0n) is 6.83. The fourth-order valence-corrected chi connectivity index (χ4v) is 1.79. The van der Waals surface area contributed by atoms with Crippen molar-refractivity contribution in [1.29, 1.82) is 0 Å². The normalized spacial score (nSPS) is 10.2. The first-order chi connectivity index (χ1) is 5.57. The molecule has 0 radical (unpaired) electrons. The van der Waals surface area contributed by atoms with E-state index in [0.29, 0.717) is 16.8 Å². The number of halogens is 1. The van der Waals surface area contributed by atoms with Gasteiger partial charge in [-0.1, -0.05) is 0 Å². The molecule has 0 aromatic carbocycles. The summed E-state index contributed by atoms with van der Waals surface area (Å²) < 4.78 is 2.15. The van der Waals surface area contributed by atoms with Crippen molar-refractivity contribution < 1.29 is 9.90 Å². The van der Waals surface area contributed by atoms with E-state index in [4.69, 9.17) is 5.11 Å². The van der Waals surface area contributed by atoms with Crippen molar-refractivity contribution in [3.63, 3.8) is 0 Å². The SMILES string of the molecule is CCn1nc(C)c(C(=O)O)c1Br. The Labute approximate surface area is 78.3 Å². The topological polar surface area (TPSA) is 55.1 Å². The third-order valence-electron chi connectivity index (χ3n) is 1.58. The highest BCUT2D eigenvalue weighted by Gasteiger charge is 2.17. The summed E-state index contributed by atoms with van der Waals surface area (Å²) in [4.78, 5) is 10.7. The van der Waals surface area contributed by atoms with E-state index in [1.54, 1.807) is 11.6 Å². The van der Waals surface area contributed by atoms with E-state index in [2.05, 4.69) is 21.0 Å². The van der Waals surface area contributed by atoms with Crippen molar-refractivity contribution in [2.45, 2.75) is 20.4 Å². The fourth-order valence-electron chi connectivity index (χ4n) is 1.01. The van der Waals surface area contributed by atoms with Crippen LogP contribution in [0.4, 0.5) is 0 Å². The van der Waals surface area contributed by atoms with Crippen molar-refractivity contribution in [2.24, 2.45) is 0 Å². The highest BCUT2D eigenvalue weighted by atomic mass is 79.9. The number of rotatable bonds is 2. The summed E-state index contributed by atoms with van der Waals surface area (Å²) in [5, 5.41) is 12.8. The van der Waals surface area contributed by atoms with Gasteiger partial charge >= 0.3 is 5.97 Å². The highest BCUT2D eigenvalue weighted by Crippen LogP contribution is 2.19. The predicted molar refractivity (Wildman–Crippen MR) is 47.3 cm³/mol. The second-order valence-corrected chi connectivity index (χ2v) is 3.12. The van der Waals surface area contributed by atoms with Crippen LogP contribution in [-0.2, 0) is 6.54 Å². The van der Waals surface area contributed by atoms with Crippen LogP contribution in [0.25, 0.3) is 0 Å². The van der Waals surface area contributed by atoms with Crippen LogP contribution >= 0.6 is 15.9 Å². The van der Waals surface area contributed by atoms with Crippen LogP contribution in [-0.4, -0.2) is 20.9 Å². The predicted octanol–water partition coefficient (Wildman–Crippen LogP) is 1.67. The van der Waals surface area contributed by atoms with Gasteiger partial charge in [0.15, 0.2) is 0 Å². The molecule has 1 N–H and O–H groups in total. The Morgan fingerprint density at radius 1 is 1.75 bits per heavy atom. The Morgan fingerprint density at radius 3 is 2.58 bits per heavy atom. The third-order valence-corrected chi connectivity index (χ3v) is 2.38. The summed E-state index contributed by atoms with van der Waals surface area (Å²) >= 11 is 3.18. The molecule has 1 heterocycles. The average molecular weight is 233 g/mol. The smallest absolute Gasteiger partial charge is 0.340 e. The maximum absolute atomic E-state index is 10.7. The van der Waals surface area contributed by atoms with Gasteiger partial charge in [-0.3, -0.25) is 4.68 Å². The van der Waals surface area contributed by atoms with E-state index in [1.165, 1.54) is 0 Å². The van der Waals surface area contributed by atoms with E-state index in [9.17, 15) is 4.79 Å². The van der Waals surface area contributed by atoms with Gasteiger partial charge in [0, 0.05) is 6.54 Å². The number of carboxylic acid groups (broad SMARTS) is 1. The Balaban J connectivity index is 3.28. The van der Waals surface area contributed by atoms with E-state index in [-0.39, 0.29) is 5.56 Å². The molecule has 0 aliphatic carbocycles. The summed E-state index contributed by atoms with van der Waals surface area (Å²) in [7, 11) is 0. The van der Waals surface area contributed by atoms with Gasteiger partial charge in [-0.2, -0.15) is 5.10 Å². The molecule has 0 aliphatic rings. The quantitative estimate of drug-likeness (QED) is 0.845. The molecular formula is C7H9BrN2O2. The maximum Gasteiger partial charge on any atom is 0.340 e. The summed E-state index contributed by atoms with van der Waals surface area (Å²) in [6.07, 6.45) is 0. The molecule has 0 amide bonds. The van der Waals surface area contributed by atoms with Crippen LogP contribution < -0.4 is 0 Å². The van der Waals surface area contributed by atoms with Gasteiger partial charge in [-0.25, -0.2) is 4.79 Å². The van der Waals surface area contributed by atoms with Crippen LogP contribution in [0.5, 0.6) is 0 Å². The van der Waals surface area contributed by atoms with Gasteiger partial charge in [0.05, 0.1) is 5.69 Å². The number of carbonyl (C=O) groups is 1. The summed E-state index contributed by atoms with van der Waals surface area (Å²) in [6.45, 7) is 4.25. The summed E-state index contributed by atoms with van der Waals surface area (Å²) in [6, 6.07) is 0. The van der Waals surface area contributed by atoms with Crippen LogP contribution in [0, 0.1) is 6.92 Å². The van der Waals surface area contributed by atoms with Crippen LogP contribution in [0.3, 0.4) is 0 Å². The molecule has 1 rings (SSSR count). The maximum atomic E-state index is 10.7. The standard InChI is InChI=1S/C7H9BrN2O2/c1-3-10-6(8)5(7(11)12)4(2)9-10/h3H2,1-2H3,(H,11,12). The molecular weight excluding hydrogens is 224 g/mol. The number of carboxylic acids is 1. The molecule has 66 valence electrons. The lowest BCUT2D eigenvalue weighted by Gasteiger charge is -1.95. The monoisotopic (exact) mass is 232 g/mol. The van der Waals surface area contributed by atoms with Gasteiger partial charge < -0.3 is 5.11 Å². The van der Waals surface area contributed by atoms with Gasteiger partial charge in [-0.05, 0) is 29.8 Å². The van der Waals surface area contributed by atoms with Crippen molar-refractivity contribution in [3.8, 4) is 0 Å². The summed E-state index contributed by atoms with van der Waals surface area (Å²) in [5.74, 6) is -0.945. The lowest BCUT2D eigenvalue weighted by Crippen LogP contribution is -1.99. The zero-order chi connectivity index (χ0) is 9.30. The minimum atomic E-state index is -0.945. The molecule has 4 nitrogen and oxygen atoms in total. The molecule has 0 atom stereocenters. The molecule has 0 fully saturated rings. The van der Waals surface area contributed by atoms with Crippen LogP contribution in [0.15, 0.2) is 4.60 Å². The molecule has 0 spiro atoms. The molecule has 0 aliphatic heterocycles. The minimum absolute atomic E-state index is 0.247. The third kappa shape index (κ3) is 1.36. The number of hydrogen-bond acceptors (Lipinski definition) is 2. The van der Waals surface area contributed by atoms with E-state index in [0.717, 1.165) is 0 Å². The number of aromatic nitrogens is 2. The van der Waals surface area contributed by atoms with E-state index < -0.39 is 5.97 Å². The molecule has 0 saturated heterocycles. The Morgan fingerprint density at radius 2 is 2.33 bits per heavy atom. The Hall–Kier alpha value is -0.840. The van der Waals surface area contributed by atoms with Crippen LogP contribution in [0.1, 0.15) is 23.0 Å². The second kappa shape index (κ2) is 3.26. The number of aromatic carboxylic acids is 1. The largest absolute Gasteiger partial charge is 0.478 e. The van der Waals surface area contributed by atoms with Gasteiger partial charge in [0.1, 0.15) is 10.2 Å². The van der Waals surface area contributed by atoms with E-state index in [1.807, 2.05) is 6.92 Å². The Bertz CT molecular complexity index is 319. The van der Waals surface area contributed by atoms with Crippen molar-refractivity contribution in [3.05, 3.63) is 15.9 Å². The first-order valence-corrected chi connectivity index (χ1v) is 4.33. The van der Waals surface area contributed by atoms with Crippen molar-refractivity contribution >= 4 is 21.9 Å². The molecule has 12 heavy (non-hydrogen) atoms. The second-order valence-electron chi connectivity index (χ2n) is 2.37. The number of nitrogens with zero attached hydrogens (tertiary/aromatic N) is 2. The number of hydrogen-bond donors (Lipinski definition) is 1. The minimum Gasteiger partial charge on any atom is -0.478 e. The van der Waals surface area contributed by atoms with Crippen LogP contribution in [0.2, 0.25) is 0 Å². The lowest BCUT2D eigenvalue weighted by atomic mass is 10.3. The highest BCUT2D eigenvalue weighted by molar-refractivity contribution is 9.10. The van der Waals surface area contributed by atoms with E-state index >= 15 is 0 Å². The summed E-state index contributed by atoms with van der Waals surface area (Å²) in [5.41, 5.74) is 0.785. The first kappa shape index (κ1) is 9.25. The molecule has 0 unspecified atom stereocenters. The molecule has 1 aromatic heterocycles. The molecule has 0 bridgehead atoms. The Kier molecular flexibility index (Phi) is 2.52. The number of aryl methyl sites for hydroxylation is 2. The molecule has 5 heteroatoms. The van der Waals surface area contributed by atoms with Gasteiger partial charge in [-0.15, -0.1) is 0 Å². The first-order valence-electron chi connectivity index (χ1n) is 3.54.